The van der Waals surface area contributed by atoms with Crippen LogP contribution in [0.5, 0.6) is 0 Å². The van der Waals surface area contributed by atoms with E-state index < -0.39 is 0 Å². The summed E-state index contributed by atoms with van der Waals surface area (Å²) in [7, 11) is 1.82. The summed E-state index contributed by atoms with van der Waals surface area (Å²) in [4.78, 5) is 4.37. The molecule has 0 amide bonds. The van der Waals surface area contributed by atoms with Gasteiger partial charge in [0.05, 0.1) is 17.3 Å². The fourth-order valence-electron chi connectivity index (χ4n) is 1.68. The number of rotatable bonds is 3. The summed E-state index contributed by atoms with van der Waals surface area (Å²) < 4.78 is 0. The van der Waals surface area contributed by atoms with Crippen LogP contribution in [0.1, 0.15) is 11.1 Å². The zero-order valence-electron chi connectivity index (χ0n) is 10.1. The highest BCUT2D eigenvalue weighted by atomic mass is 14.8. The number of nitriles is 1. The van der Waals surface area contributed by atoms with Crippen molar-refractivity contribution >= 4 is 5.70 Å². The second kappa shape index (κ2) is 5.15. The Morgan fingerprint density at radius 2 is 2.06 bits per heavy atom. The van der Waals surface area contributed by atoms with Gasteiger partial charge in [0.2, 0.25) is 0 Å². The lowest BCUT2D eigenvalue weighted by Gasteiger charge is -2.06. The summed E-state index contributed by atoms with van der Waals surface area (Å²) in [5.41, 5.74) is 4.03. The Morgan fingerprint density at radius 1 is 1.28 bits per heavy atom. The van der Waals surface area contributed by atoms with Crippen LogP contribution in [0.25, 0.3) is 17.0 Å². The van der Waals surface area contributed by atoms with Crippen LogP contribution in [-0.2, 0) is 0 Å². The van der Waals surface area contributed by atoms with Crippen LogP contribution in [-0.4, -0.2) is 12.0 Å². The van der Waals surface area contributed by atoms with E-state index in [1.807, 2.05) is 37.4 Å². The average molecular weight is 235 g/mol. The quantitative estimate of drug-likeness (QED) is 0.889. The van der Waals surface area contributed by atoms with E-state index in [-0.39, 0.29) is 0 Å². The smallest absolute Gasteiger partial charge is 0.0998 e. The normalized spacial score (nSPS) is 9.56. The predicted molar refractivity (Wildman–Crippen MR) is 72.5 cm³/mol. The van der Waals surface area contributed by atoms with E-state index in [4.69, 9.17) is 5.26 Å². The Balaban J connectivity index is 2.41. The maximum atomic E-state index is 9.06. The molecule has 1 aromatic heterocycles. The molecule has 3 nitrogen and oxygen atoms in total. The molecule has 3 heteroatoms. The highest BCUT2D eigenvalue weighted by Crippen LogP contribution is 2.21. The molecule has 2 aromatic rings. The molecular formula is C15H13N3. The average Bonchev–Trinajstić information content (AvgIpc) is 2.46. The first-order chi connectivity index (χ1) is 8.76. The Bertz CT molecular complexity index is 606. The third-order valence-corrected chi connectivity index (χ3v) is 2.74. The van der Waals surface area contributed by atoms with Gasteiger partial charge in [0.25, 0.3) is 0 Å². The second-order valence-corrected chi connectivity index (χ2v) is 3.82. The van der Waals surface area contributed by atoms with Gasteiger partial charge < -0.3 is 5.32 Å². The van der Waals surface area contributed by atoms with Crippen molar-refractivity contribution in [2.75, 3.05) is 7.05 Å². The second-order valence-electron chi connectivity index (χ2n) is 3.82. The number of hydrogen-bond acceptors (Lipinski definition) is 3. The van der Waals surface area contributed by atoms with Crippen molar-refractivity contribution < 1.29 is 0 Å². The lowest BCUT2D eigenvalue weighted by molar-refractivity contribution is 1.12. The monoisotopic (exact) mass is 235 g/mol. The van der Waals surface area contributed by atoms with Crippen LogP contribution in [0.4, 0.5) is 0 Å². The molecule has 1 aromatic carbocycles. The minimum atomic E-state index is 0.630. The lowest BCUT2D eigenvalue weighted by atomic mass is 10.0. The summed E-state index contributed by atoms with van der Waals surface area (Å²) in [5, 5.41) is 12.0. The van der Waals surface area contributed by atoms with Crippen molar-refractivity contribution in [2.45, 2.75) is 0 Å². The standard InChI is InChI=1S/C15H13N3/c1-11(17-2)13-7-8-15(18-10-13)14-6-4-3-5-12(14)9-16/h3-8,10,17H,1H2,2H3. The predicted octanol–water partition coefficient (Wildman–Crippen LogP) is 2.81. The molecule has 0 atom stereocenters. The molecule has 0 unspecified atom stereocenters. The van der Waals surface area contributed by atoms with Gasteiger partial charge in [-0.2, -0.15) is 5.26 Å². The van der Waals surface area contributed by atoms with Crippen LogP contribution < -0.4 is 5.32 Å². The fraction of sp³-hybridized carbons (Fsp3) is 0.0667. The van der Waals surface area contributed by atoms with Gasteiger partial charge in [-0.15, -0.1) is 0 Å². The fourth-order valence-corrected chi connectivity index (χ4v) is 1.68. The first-order valence-corrected chi connectivity index (χ1v) is 5.59. The van der Waals surface area contributed by atoms with Crippen LogP contribution in [0, 0.1) is 11.3 Å². The van der Waals surface area contributed by atoms with Crippen molar-refractivity contribution in [3.05, 3.63) is 60.3 Å². The first-order valence-electron chi connectivity index (χ1n) is 5.59. The zero-order valence-corrected chi connectivity index (χ0v) is 10.1. The van der Waals surface area contributed by atoms with E-state index in [1.54, 1.807) is 12.3 Å². The molecule has 1 N–H and O–H groups in total. The van der Waals surface area contributed by atoms with Crippen LogP contribution in [0.2, 0.25) is 0 Å². The minimum absolute atomic E-state index is 0.630. The zero-order chi connectivity index (χ0) is 13.0. The summed E-state index contributed by atoms with van der Waals surface area (Å²) >= 11 is 0. The summed E-state index contributed by atoms with van der Waals surface area (Å²) in [5.74, 6) is 0. The molecule has 0 aliphatic rings. The molecule has 2 rings (SSSR count). The Kier molecular flexibility index (Phi) is 3.40. The third-order valence-electron chi connectivity index (χ3n) is 2.74. The van der Waals surface area contributed by atoms with Crippen LogP contribution in [0.3, 0.4) is 0 Å². The van der Waals surface area contributed by atoms with E-state index in [9.17, 15) is 0 Å². The summed E-state index contributed by atoms with van der Waals surface area (Å²) in [6.07, 6.45) is 1.75. The van der Waals surface area contributed by atoms with Gasteiger partial charge in [-0.05, 0) is 18.2 Å². The van der Waals surface area contributed by atoms with Gasteiger partial charge in [0, 0.05) is 30.1 Å². The number of nitrogens with zero attached hydrogens (tertiary/aromatic N) is 2. The van der Waals surface area contributed by atoms with Crippen LogP contribution >= 0.6 is 0 Å². The molecule has 0 saturated carbocycles. The highest BCUT2D eigenvalue weighted by Gasteiger charge is 2.05. The van der Waals surface area contributed by atoms with Crippen LogP contribution in [0.15, 0.2) is 49.2 Å². The molecule has 0 fully saturated rings. The number of hydrogen-bond donors (Lipinski definition) is 1. The molecule has 0 radical (unpaired) electrons. The molecule has 0 aliphatic carbocycles. The maximum absolute atomic E-state index is 9.06. The summed E-state index contributed by atoms with van der Waals surface area (Å²) in [6.45, 7) is 3.88. The molecule has 88 valence electrons. The largest absolute Gasteiger partial charge is 0.388 e. The number of aromatic nitrogens is 1. The molecule has 1 heterocycles. The van der Waals surface area contributed by atoms with Gasteiger partial charge >= 0.3 is 0 Å². The van der Waals surface area contributed by atoms with E-state index in [2.05, 4.69) is 22.9 Å². The number of benzene rings is 1. The lowest BCUT2D eigenvalue weighted by Crippen LogP contribution is -2.03. The van der Waals surface area contributed by atoms with Gasteiger partial charge in [0.1, 0.15) is 0 Å². The topological polar surface area (TPSA) is 48.7 Å². The van der Waals surface area contributed by atoms with Gasteiger partial charge in [0.15, 0.2) is 0 Å². The third kappa shape index (κ3) is 2.23. The molecular weight excluding hydrogens is 222 g/mol. The maximum Gasteiger partial charge on any atom is 0.0998 e. The van der Waals surface area contributed by atoms with E-state index in [0.717, 1.165) is 22.5 Å². The Hall–Kier alpha value is -2.60. The molecule has 0 aliphatic heterocycles. The first kappa shape index (κ1) is 11.9. The van der Waals surface area contributed by atoms with E-state index >= 15 is 0 Å². The molecule has 18 heavy (non-hydrogen) atoms. The van der Waals surface area contributed by atoms with Crippen molar-refractivity contribution in [1.82, 2.24) is 10.3 Å². The Labute approximate surface area is 106 Å². The van der Waals surface area contributed by atoms with Crippen molar-refractivity contribution in [3.63, 3.8) is 0 Å². The Morgan fingerprint density at radius 3 is 2.67 bits per heavy atom. The highest BCUT2D eigenvalue weighted by molar-refractivity contribution is 5.69. The van der Waals surface area contributed by atoms with Crippen molar-refractivity contribution in [1.29, 1.82) is 5.26 Å². The number of nitrogens with one attached hydrogen (secondary N) is 1. The SMILES string of the molecule is C=C(NC)c1ccc(-c2ccccc2C#N)nc1. The minimum Gasteiger partial charge on any atom is -0.388 e. The van der Waals surface area contributed by atoms with Gasteiger partial charge in [-0.3, -0.25) is 4.98 Å². The molecule has 0 bridgehead atoms. The number of pyridine rings is 1. The van der Waals surface area contributed by atoms with Crippen molar-refractivity contribution in [3.8, 4) is 17.3 Å². The van der Waals surface area contributed by atoms with Gasteiger partial charge in [-0.25, -0.2) is 0 Å². The van der Waals surface area contributed by atoms with E-state index in [1.165, 1.54) is 0 Å². The van der Waals surface area contributed by atoms with Crippen molar-refractivity contribution in [2.24, 2.45) is 0 Å². The van der Waals surface area contributed by atoms with Gasteiger partial charge in [-0.1, -0.05) is 24.8 Å². The molecule has 0 spiro atoms. The molecule has 0 saturated heterocycles. The summed E-state index contributed by atoms with van der Waals surface area (Å²) in [6, 6.07) is 13.4. The van der Waals surface area contributed by atoms with E-state index in [0.29, 0.717) is 5.56 Å².